The van der Waals surface area contributed by atoms with Crippen molar-refractivity contribution >= 4 is 22.6 Å². The molecule has 0 radical (unpaired) electrons. The van der Waals surface area contributed by atoms with Gasteiger partial charge in [-0.3, -0.25) is 0 Å². The molecule has 0 aliphatic carbocycles. The van der Waals surface area contributed by atoms with Crippen molar-refractivity contribution in [3.05, 3.63) is 63.0 Å². The molecule has 0 aromatic heterocycles. The van der Waals surface area contributed by atoms with E-state index in [0.717, 1.165) is 11.6 Å². The lowest BCUT2D eigenvalue weighted by Crippen LogP contribution is -2.08. The molecule has 6 heteroatoms. The Morgan fingerprint density at radius 1 is 1.05 bits per heavy atom. The van der Waals surface area contributed by atoms with Gasteiger partial charge in [0.25, 0.3) is 0 Å². The molecule has 0 unspecified atom stereocenters. The van der Waals surface area contributed by atoms with Crippen LogP contribution in [0.3, 0.4) is 0 Å². The summed E-state index contributed by atoms with van der Waals surface area (Å²) >= 11 is 1.51. The Balaban J connectivity index is 2.25. The van der Waals surface area contributed by atoms with E-state index < -0.39 is 23.3 Å². The number of ether oxygens (including phenoxy) is 1. The molecular weight excluding hydrogens is 387 g/mol. The molecule has 0 aliphatic heterocycles. The fraction of sp³-hybridized carbons (Fsp3) is 0.143. The minimum atomic E-state index is -4.53. The van der Waals surface area contributed by atoms with Gasteiger partial charge in [0.1, 0.15) is 6.61 Å². The van der Waals surface area contributed by atoms with Crippen LogP contribution in [0.4, 0.5) is 17.6 Å². The molecule has 0 saturated carbocycles. The van der Waals surface area contributed by atoms with Crippen LogP contribution in [0.1, 0.15) is 11.1 Å². The SMILES string of the molecule is Fc1c(I)cc(C(F)(F)F)cc1OCc1ccccc1. The average Bonchev–Trinajstić information content (AvgIpc) is 2.40. The highest BCUT2D eigenvalue weighted by molar-refractivity contribution is 14.1. The number of benzene rings is 2. The van der Waals surface area contributed by atoms with E-state index in [-0.39, 0.29) is 10.2 Å². The van der Waals surface area contributed by atoms with Crippen molar-refractivity contribution in [1.29, 1.82) is 0 Å². The van der Waals surface area contributed by atoms with Gasteiger partial charge in [0, 0.05) is 0 Å². The molecule has 0 amide bonds. The van der Waals surface area contributed by atoms with Crippen LogP contribution in [0, 0.1) is 9.39 Å². The monoisotopic (exact) mass is 396 g/mol. The second kappa shape index (κ2) is 5.99. The van der Waals surface area contributed by atoms with Crippen molar-refractivity contribution < 1.29 is 22.3 Å². The third kappa shape index (κ3) is 3.62. The largest absolute Gasteiger partial charge is 0.486 e. The topological polar surface area (TPSA) is 9.23 Å². The standard InChI is InChI=1S/C14H9F4IO/c15-13-11(19)6-10(14(16,17)18)7-12(13)20-8-9-4-2-1-3-5-9/h1-7H,8H2. The summed E-state index contributed by atoms with van der Waals surface area (Å²) in [5.41, 5.74) is -0.175. The van der Waals surface area contributed by atoms with Crippen LogP contribution in [0.25, 0.3) is 0 Å². The number of alkyl halides is 3. The summed E-state index contributed by atoms with van der Waals surface area (Å²) < 4.78 is 56.8. The van der Waals surface area contributed by atoms with Crippen molar-refractivity contribution in [2.24, 2.45) is 0 Å². The van der Waals surface area contributed by atoms with Gasteiger partial charge in [-0.15, -0.1) is 0 Å². The van der Waals surface area contributed by atoms with Gasteiger partial charge in [0.05, 0.1) is 9.13 Å². The van der Waals surface area contributed by atoms with Crippen molar-refractivity contribution in [2.45, 2.75) is 12.8 Å². The third-order valence-corrected chi connectivity index (χ3v) is 3.34. The Labute approximate surface area is 126 Å². The molecule has 0 spiro atoms. The highest BCUT2D eigenvalue weighted by Crippen LogP contribution is 2.35. The second-order valence-electron chi connectivity index (χ2n) is 4.04. The summed E-state index contributed by atoms with van der Waals surface area (Å²) in [6, 6.07) is 10.3. The van der Waals surface area contributed by atoms with Gasteiger partial charge in [-0.05, 0) is 40.3 Å². The molecule has 20 heavy (non-hydrogen) atoms. The van der Waals surface area contributed by atoms with Crippen molar-refractivity contribution in [3.8, 4) is 5.75 Å². The van der Waals surface area contributed by atoms with Gasteiger partial charge in [-0.1, -0.05) is 30.3 Å². The van der Waals surface area contributed by atoms with Gasteiger partial charge in [-0.2, -0.15) is 13.2 Å². The third-order valence-electron chi connectivity index (χ3n) is 2.56. The Kier molecular flexibility index (Phi) is 4.52. The van der Waals surface area contributed by atoms with E-state index in [0.29, 0.717) is 6.07 Å². The van der Waals surface area contributed by atoms with E-state index in [1.807, 2.05) is 0 Å². The smallest absolute Gasteiger partial charge is 0.416 e. The van der Waals surface area contributed by atoms with Crippen LogP contribution in [-0.2, 0) is 12.8 Å². The van der Waals surface area contributed by atoms with E-state index >= 15 is 0 Å². The fourth-order valence-electron chi connectivity index (χ4n) is 1.57. The van der Waals surface area contributed by atoms with Gasteiger partial charge >= 0.3 is 6.18 Å². The molecule has 2 aromatic rings. The molecule has 0 aliphatic rings. The number of hydrogen-bond donors (Lipinski definition) is 0. The first kappa shape index (κ1) is 15.1. The Hall–Kier alpha value is -1.31. The number of hydrogen-bond acceptors (Lipinski definition) is 1. The molecule has 0 bridgehead atoms. The molecule has 0 saturated heterocycles. The van der Waals surface area contributed by atoms with Crippen LogP contribution >= 0.6 is 22.6 Å². The van der Waals surface area contributed by atoms with Crippen molar-refractivity contribution in [1.82, 2.24) is 0 Å². The first-order valence-electron chi connectivity index (χ1n) is 5.61. The molecule has 0 heterocycles. The van der Waals surface area contributed by atoms with Gasteiger partial charge in [-0.25, -0.2) is 4.39 Å². The highest BCUT2D eigenvalue weighted by Gasteiger charge is 2.32. The van der Waals surface area contributed by atoms with Crippen LogP contribution in [0.2, 0.25) is 0 Å². The van der Waals surface area contributed by atoms with Crippen LogP contribution < -0.4 is 4.74 Å². The summed E-state index contributed by atoms with van der Waals surface area (Å²) in [7, 11) is 0. The van der Waals surface area contributed by atoms with Crippen molar-refractivity contribution in [2.75, 3.05) is 0 Å². The van der Waals surface area contributed by atoms with E-state index in [9.17, 15) is 17.6 Å². The fourth-order valence-corrected chi connectivity index (χ4v) is 2.17. The molecule has 2 aromatic carbocycles. The Morgan fingerprint density at radius 2 is 1.70 bits per heavy atom. The van der Waals surface area contributed by atoms with Gasteiger partial charge < -0.3 is 4.74 Å². The molecule has 0 N–H and O–H groups in total. The summed E-state index contributed by atoms with van der Waals surface area (Å²) in [6.45, 7) is 0.00908. The summed E-state index contributed by atoms with van der Waals surface area (Å²) in [4.78, 5) is 0. The van der Waals surface area contributed by atoms with Gasteiger partial charge in [0.2, 0.25) is 0 Å². The Bertz CT molecular complexity index is 596. The Morgan fingerprint density at radius 3 is 2.30 bits per heavy atom. The van der Waals surface area contributed by atoms with E-state index in [2.05, 4.69) is 0 Å². The van der Waals surface area contributed by atoms with Crippen LogP contribution in [0.15, 0.2) is 42.5 Å². The molecule has 1 nitrogen and oxygen atoms in total. The maximum absolute atomic E-state index is 13.8. The maximum atomic E-state index is 13.8. The van der Waals surface area contributed by atoms with E-state index in [1.54, 1.807) is 30.3 Å². The number of rotatable bonds is 3. The lowest BCUT2D eigenvalue weighted by molar-refractivity contribution is -0.137. The lowest BCUT2D eigenvalue weighted by atomic mass is 10.2. The molecular formula is C14H9F4IO. The quantitative estimate of drug-likeness (QED) is 0.523. The van der Waals surface area contributed by atoms with Crippen LogP contribution in [0.5, 0.6) is 5.75 Å². The minimum Gasteiger partial charge on any atom is -0.486 e. The zero-order valence-corrected chi connectivity index (χ0v) is 12.2. The summed E-state index contributed by atoms with van der Waals surface area (Å²) in [5.74, 6) is -1.18. The summed E-state index contributed by atoms with van der Waals surface area (Å²) in [5, 5.41) is 0. The predicted molar refractivity (Wildman–Crippen MR) is 74.9 cm³/mol. The van der Waals surface area contributed by atoms with Crippen LogP contribution in [-0.4, -0.2) is 0 Å². The minimum absolute atomic E-state index is 0.00908. The average molecular weight is 396 g/mol. The normalized spacial score (nSPS) is 11.4. The molecule has 0 atom stereocenters. The van der Waals surface area contributed by atoms with Gasteiger partial charge in [0.15, 0.2) is 11.6 Å². The second-order valence-corrected chi connectivity index (χ2v) is 5.20. The zero-order chi connectivity index (χ0) is 14.8. The van der Waals surface area contributed by atoms with E-state index in [4.69, 9.17) is 4.74 Å². The molecule has 2 rings (SSSR count). The zero-order valence-electron chi connectivity index (χ0n) is 10.0. The predicted octanol–water partition coefficient (Wildman–Crippen LogP) is 5.03. The van der Waals surface area contributed by atoms with Crippen molar-refractivity contribution in [3.63, 3.8) is 0 Å². The molecule has 0 fully saturated rings. The maximum Gasteiger partial charge on any atom is 0.416 e. The first-order valence-corrected chi connectivity index (χ1v) is 6.69. The highest BCUT2D eigenvalue weighted by atomic mass is 127. The number of halogens is 5. The summed E-state index contributed by atoms with van der Waals surface area (Å²) in [6.07, 6.45) is -4.53. The molecule has 106 valence electrons. The lowest BCUT2D eigenvalue weighted by Gasteiger charge is -2.12. The van der Waals surface area contributed by atoms with E-state index in [1.165, 1.54) is 22.6 Å². The first-order chi connectivity index (χ1) is 9.38.